The Hall–Kier alpha value is -5.67. The number of hydrogen-bond acceptors (Lipinski definition) is 3. The number of fused-ring (bicyclic) bond motifs is 2. The van der Waals surface area contributed by atoms with Gasteiger partial charge in [-0.2, -0.15) is 0 Å². The lowest BCUT2D eigenvalue weighted by molar-refractivity contribution is 0.435. The van der Waals surface area contributed by atoms with Crippen LogP contribution in [0.2, 0.25) is 0 Å². The molecule has 43 heavy (non-hydrogen) atoms. The summed E-state index contributed by atoms with van der Waals surface area (Å²) in [6.07, 6.45) is 0. The second-order valence-corrected chi connectivity index (χ2v) is 10.8. The summed E-state index contributed by atoms with van der Waals surface area (Å²) in [6.45, 7) is 0. The molecule has 0 unspecified atom stereocenters. The predicted octanol–water partition coefficient (Wildman–Crippen LogP) is 10.2. The molecule has 3 heteroatoms. The fourth-order valence-corrected chi connectivity index (χ4v) is 6.71. The van der Waals surface area contributed by atoms with Crippen molar-refractivity contribution in [2.45, 2.75) is 5.41 Å². The van der Waals surface area contributed by atoms with Gasteiger partial charge in [0.25, 0.3) is 0 Å². The average molecular weight is 553 g/mol. The molecule has 0 amide bonds. The quantitative estimate of drug-likeness (QED) is 0.213. The first kappa shape index (κ1) is 25.1. The lowest BCUT2D eigenvalue weighted by Gasteiger charge is -2.46. The van der Waals surface area contributed by atoms with E-state index >= 15 is 0 Å². The van der Waals surface area contributed by atoms with Crippen LogP contribution in [0.1, 0.15) is 22.3 Å². The van der Waals surface area contributed by atoms with Crippen molar-refractivity contribution in [2.24, 2.45) is 0 Å². The van der Waals surface area contributed by atoms with Crippen molar-refractivity contribution in [3.8, 4) is 22.6 Å². The van der Waals surface area contributed by atoms with Crippen LogP contribution in [0.3, 0.4) is 0 Å². The van der Waals surface area contributed by atoms with Crippen molar-refractivity contribution in [2.75, 3.05) is 4.90 Å². The Morgan fingerprint density at radius 2 is 0.860 bits per heavy atom. The van der Waals surface area contributed by atoms with E-state index < -0.39 is 5.41 Å². The van der Waals surface area contributed by atoms with Gasteiger partial charge in [0.05, 0.1) is 16.8 Å². The predicted molar refractivity (Wildman–Crippen MR) is 174 cm³/mol. The van der Waals surface area contributed by atoms with Gasteiger partial charge in [-0.3, -0.25) is 0 Å². The number of anilines is 3. The smallest absolute Gasteiger partial charge is 0.191 e. The second-order valence-electron chi connectivity index (χ2n) is 10.8. The third kappa shape index (κ3) is 3.86. The highest BCUT2D eigenvalue weighted by molar-refractivity contribution is 5.98. The van der Waals surface area contributed by atoms with Gasteiger partial charge in [-0.15, -0.1) is 0 Å². The van der Waals surface area contributed by atoms with Crippen LogP contribution in [0.15, 0.2) is 174 Å². The van der Waals surface area contributed by atoms with E-state index in [9.17, 15) is 0 Å². The van der Waals surface area contributed by atoms with Crippen LogP contribution in [-0.2, 0) is 5.41 Å². The molecule has 0 bridgehead atoms. The molecule has 6 aromatic carbocycles. The van der Waals surface area contributed by atoms with Crippen molar-refractivity contribution in [3.05, 3.63) is 192 Å². The zero-order valence-electron chi connectivity index (χ0n) is 23.5. The summed E-state index contributed by atoms with van der Waals surface area (Å²) in [7, 11) is 0. The summed E-state index contributed by atoms with van der Waals surface area (Å²) in [6, 6.07) is 59.8. The van der Waals surface area contributed by atoms with Crippen molar-refractivity contribution in [1.29, 1.82) is 0 Å². The normalized spacial score (nSPS) is 13.3. The summed E-state index contributed by atoms with van der Waals surface area (Å²) < 4.78 is 6.25. The van der Waals surface area contributed by atoms with Gasteiger partial charge in [0.2, 0.25) is 0 Å². The zero-order valence-corrected chi connectivity index (χ0v) is 23.5. The topological polar surface area (TPSA) is 29.3 Å². The van der Waals surface area contributed by atoms with Crippen LogP contribution >= 0.6 is 0 Å². The highest BCUT2D eigenvalue weighted by Gasteiger charge is 2.47. The summed E-state index contributed by atoms with van der Waals surface area (Å²) in [4.78, 5) is 2.36. The van der Waals surface area contributed by atoms with Gasteiger partial charge in [-0.1, -0.05) is 163 Å². The molecule has 1 aliphatic heterocycles. The minimum atomic E-state index is -0.539. The molecule has 0 atom stereocenters. The van der Waals surface area contributed by atoms with E-state index in [-0.39, 0.29) is 0 Å². The molecule has 0 N–H and O–H groups in total. The van der Waals surface area contributed by atoms with Gasteiger partial charge in [-0.05, 0) is 34.4 Å². The SMILES string of the molecule is c1ccc(-c2noc(-c3ccccc3)c2N2c3ccccc3C(c3ccccc3)(c3ccccc3)c3ccccc32)cc1. The molecule has 3 nitrogen and oxygen atoms in total. The first-order chi connectivity index (χ1) is 21.4. The summed E-state index contributed by atoms with van der Waals surface area (Å²) in [5, 5.41) is 4.72. The molecule has 7 aromatic rings. The van der Waals surface area contributed by atoms with E-state index in [4.69, 9.17) is 9.68 Å². The van der Waals surface area contributed by atoms with Crippen molar-refractivity contribution < 1.29 is 4.52 Å². The van der Waals surface area contributed by atoms with Crippen molar-refractivity contribution in [1.82, 2.24) is 5.16 Å². The number of aromatic nitrogens is 1. The van der Waals surface area contributed by atoms with E-state index in [0.717, 1.165) is 39.6 Å². The second kappa shape index (κ2) is 10.3. The third-order valence-corrected chi connectivity index (χ3v) is 8.49. The Balaban J connectivity index is 1.50. The minimum absolute atomic E-state index is 0.539. The highest BCUT2D eigenvalue weighted by atomic mass is 16.5. The fourth-order valence-electron chi connectivity index (χ4n) is 6.71. The summed E-state index contributed by atoms with van der Waals surface area (Å²) in [5.74, 6) is 0.732. The minimum Gasteiger partial charge on any atom is -0.353 e. The monoisotopic (exact) mass is 552 g/mol. The Morgan fingerprint density at radius 1 is 0.442 bits per heavy atom. The zero-order chi connectivity index (χ0) is 28.6. The summed E-state index contributed by atoms with van der Waals surface area (Å²) >= 11 is 0. The molecule has 1 aromatic heterocycles. The van der Waals surface area contributed by atoms with Crippen LogP contribution in [0.5, 0.6) is 0 Å². The molecule has 2 heterocycles. The van der Waals surface area contributed by atoms with Gasteiger partial charge >= 0.3 is 0 Å². The molecule has 0 fully saturated rings. The summed E-state index contributed by atoms with van der Waals surface area (Å²) in [5.41, 5.74) is 10.2. The first-order valence-corrected chi connectivity index (χ1v) is 14.6. The molecule has 1 aliphatic rings. The number of hydrogen-bond donors (Lipinski definition) is 0. The van der Waals surface area contributed by atoms with Crippen LogP contribution in [0.25, 0.3) is 22.6 Å². The van der Waals surface area contributed by atoms with Crippen LogP contribution in [-0.4, -0.2) is 5.16 Å². The number of para-hydroxylation sites is 2. The Labute approximate surface area is 251 Å². The van der Waals surface area contributed by atoms with E-state index in [2.05, 4.69) is 138 Å². The maximum atomic E-state index is 6.25. The Kier molecular flexibility index (Phi) is 6.01. The van der Waals surface area contributed by atoms with E-state index in [0.29, 0.717) is 0 Å². The van der Waals surface area contributed by atoms with Crippen molar-refractivity contribution >= 4 is 17.1 Å². The molecule has 8 rings (SSSR count). The Morgan fingerprint density at radius 3 is 1.37 bits per heavy atom. The molecule has 0 aliphatic carbocycles. The van der Waals surface area contributed by atoms with Gasteiger partial charge in [0, 0.05) is 11.1 Å². The van der Waals surface area contributed by atoms with Crippen LogP contribution in [0, 0.1) is 0 Å². The molecule has 0 saturated heterocycles. The van der Waals surface area contributed by atoms with Gasteiger partial charge in [-0.25, -0.2) is 0 Å². The molecule has 0 spiro atoms. The van der Waals surface area contributed by atoms with Gasteiger partial charge in [0.15, 0.2) is 5.76 Å². The number of nitrogens with zero attached hydrogens (tertiary/aromatic N) is 2. The highest BCUT2D eigenvalue weighted by Crippen LogP contribution is 2.59. The van der Waals surface area contributed by atoms with E-state index in [1.54, 1.807) is 0 Å². The maximum absolute atomic E-state index is 6.25. The molecule has 0 saturated carbocycles. The lowest BCUT2D eigenvalue weighted by atomic mass is 9.62. The molecular weight excluding hydrogens is 524 g/mol. The van der Waals surface area contributed by atoms with E-state index in [1.165, 1.54) is 22.3 Å². The fraction of sp³-hybridized carbons (Fsp3) is 0.0250. The van der Waals surface area contributed by atoms with Crippen LogP contribution < -0.4 is 4.90 Å². The van der Waals surface area contributed by atoms with Gasteiger partial charge in [0.1, 0.15) is 11.4 Å². The first-order valence-electron chi connectivity index (χ1n) is 14.6. The number of rotatable bonds is 5. The maximum Gasteiger partial charge on any atom is 0.191 e. The molecule has 0 radical (unpaired) electrons. The number of benzene rings is 6. The molecule has 204 valence electrons. The van der Waals surface area contributed by atoms with Crippen molar-refractivity contribution in [3.63, 3.8) is 0 Å². The van der Waals surface area contributed by atoms with Crippen LogP contribution in [0.4, 0.5) is 17.1 Å². The third-order valence-electron chi connectivity index (χ3n) is 8.49. The van der Waals surface area contributed by atoms with Gasteiger partial charge < -0.3 is 9.42 Å². The van der Waals surface area contributed by atoms with E-state index in [1.807, 2.05) is 36.4 Å². The Bertz CT molecular complexity index is 1870. The lowest BCUT2D eigenvalue weighted by Crippen LogP contribution is -2.37. The standard InChI is InChI=1S/C40H28N2O/c1-5-17-29(18-6-1)37-38(39(43-41-37)30-19-7-2-8-20-30)42-35-27-15-13-25-33(35)40(31-21-9-3-10-22-31,32-23-11-4-12-24-32)34-26-14-16-28-36(34)42/h1-28H. The molecular formula is C40H28N2O. The average Bonchev–Trinajstić information content (AvgIpc) is 3.53. The largest absolute Gasteiger partial charge is 0.353 e.